The summed E-state index contributed by atoms with van der Waals surface area (Å²) in [5, 5.41) is 3.93. The van der Waals surface area contributed by atoms with Crippen molar-refractivity contribution < 1.29 is 4.52 Å². The second-order valence-corrected chi connectivity index (χ2v) is 5.45. The van der Waals surface area contributed by atoms with Gasteiger partial charge in [0.2, 0.25) is 5.89 Å². The minimum absolute atomic E-state index is 0.0641. The van der Waals surface area contributed by atoms with Gasteiger partial charge in [-0.15, -0.1) is 0 Å². The molecule has 0 aromatic carbocycles. The van der Waals surface area contributed by atoms with Crippen LogP contribution in [0.15, 0.2) is 4.52 Å². The molecular formula is C11H22N4O. The standard InChI is InChI=1S/C11H22N4O/c1-11(2,3)9(12)10-13-8(14-16-10)6-7-15(4)5/h9H,6-7,12H2,1-5H3/t9-/m0/s1. The van der Waals surface area contributed by atoms with Crippen LogP contribution in [0, 0.1) is 5.41 Å². The van der Waals surface area contributed by atoms with Crippen molar-refractivity contribution in [2.75, 3.05) is 20.6 Å². The minimum Gasteiger partial charge on any atom is -0.338 e. The van der Waals surface area contributed by atoms with Crippen LogP contribution in [0.4, 0.5) is 0 Å². The molecule has 0 saturated heterocycles. The molecule has 0 spiro atoms. The maximum atomic E-state index is 6.03. The van der Waals surface area contributed by atoms with Crippen LogP contribution in [0.25, 0.3) is 0 Å². The molecular weight excluding hydrogens is 204 g/mol. The number of rotatable bonds is 4. The molecule has 0 fully saturated rings. The van der Waals surface area contributed by atoms with Gasteiger partial charge in [-0.05, 0) is 19.5 Å². The average Bonchev–Trinajstić information content (AvgIpc) is 2.60. The van der Waals surface area contributed by atoms with E-state index in [0.717, 1.165) is 18.8 Å². The first-order valence-electron chi connectivity index (χ1n) is 5.53. The Morgan fingerprint density at radius 2 is 2.00 bits per heavy atom. The molecule has 1 aromatic rings. The molecule has 5 heteroatoms. The highest BCUT2D eigenvalue weighted by atomic mass is 16.5. The topological polar surface area (TPSA) is 68.2 Å². The van der Waals surface area contributed by atoms with E-state index in [1.807, 2.05) is 14.1 Å². The molecule has 1 rings (SSSR count). The first-order valence-corrected chi connectivity index (χ1v) is 5.53. The molecule has 2 N–H and O–H groups in total. The lowest BCUT2D eigenvalue weighted by molar-refractivity contribution is 0.252. The molecule has 0 amide bonds. The van der Waals surface area contributed by atoms with Crippen molar-refractivity contribution >= 4 is 0 Å². The predicted molar refractivity (Wildman–Crippen MR) is 62.9 cm³/mol. The average molecular weight is 226 g/mol. The lowest BCUT2D eigenvalue weighted by Gasteiger charge is -2.23. The summed E-state index contributed by atoms with van der Waals surface area (Å²) in [6, 6.07) is -0.215. The molecule has 0 radical (unpaired) electrons. The normalized spacial score (nSPS) is 14.4. The highest BCUT2D eigenvalue weighted by molar-refractivity contribution is 4.96. The minimum atomic E-state index is -0.215. The van der Waals surface area contributed by atoms with Gasteiger partial charge < -0.3 is 15.2 Å². The first kappa shape index (κ1) is 13.1. The largest absolute Gasteiger partial charge is 0.338 e. The van der Waals surface area contributed by atoms with Gasteiger partial charge >= 0.3 is 0 Å². The van der Waals surface area contributed by atoms with Crippen LogP contribution in [0.2, 0.25) is 0 Å². The Morgan fingerprint density at radius 1 is 1.38 bits per heavy atom. The molecule has 5 nitrogen and oxygen atoms in total. The Balaban J connectivity index is 2.64. The summed E-state index contributed by atoms with van der Waals surface area (Å²) in [5.74, 6) is 1.25. The van der Waals surface area contributed by atoms with E-state index >= 15 is 0 Å². The van der Waals surface area contributed by atoms with Gasteiger partial charge in [-0.1, -0.05) is 25.9 Å². The maximum Gasteiger partial charge on any atom is 0.244 e. The molecule has 16 heavy (non-hydrogen) atoms. The van der Waals surface area contributed by atoms with Crippen molar-refractivity contribution in [1.29, 1.82) is 0 Å². The zero-order chi connectivity index (χ0) is 12.3. The third-order valence-corrected chi connectivity index (χ3v) is 2.47. The van der Waals surface area contributed by atoms with Crippen LogP contribution in [0.3, 0.4) is 0 Å². The summed E-state index contributed by atoms with van der Waals surface area (Å²) in [4.78, 5) is 6.40. The van der Waals surface area contributed by atoms with Crippen LogP contribution >= 0.6 is 0 Å². The zero-order valence-electron chi connectivity index (χ0n) is 10.8. The van der Waals surface area contributed by atoms with E-state index in [0.29, 0.717) is 5.89 Å². The van der Waals surface area contributed by atoms with E-state index in [2.05, 4.69) is 35.8 Å². The SMILES string of the molecule is CN(C)CCc1noc([C@H](N)C(C)(C)C)n1. The fraction of sp³-hybridized carbons (Fsp3) is 0.818. The summed E-state index contributed by atoms with van der Waals surface area (Å²) in [6.07, 6.45) is 0.785. The quantitative estimate of drug-likeness (QED) is 0.836. The van der Waals surface area contributed by atoms with Crippen LogP contribution in [-0.4, -0.2) is 35.7 Å². The maximum absolute atomic E-state index is 6.03. The number of likely N-dealkylation sites (N-methyl/N-ethyl adjacent to an activating group) is 1. The smallest absolute Gasteiger partial charge is 0.244 e. The van der Waals surface area contributed by atoms with Crippen molar-refractivity contribution in [2.45, 2.75) is 33.2 Å². The van der Waals surface area contributed by atoms with Gasteiger partial charge in [0.1, 0.15) is 0 Å². The monoisotopic (exact) mass is 226 g/mol. The zero-order valence-corrected chi connectivity index (χ0v) is 10.8. The van der Waals surface area contributed by atoms with E-state index in [1.165, 1.54) is 0 Å². The van der Waals surface area contributed by atoms with Crippen LogP contribution in [0.1, 0.15) is 38.5 Å². The fourth-order valence-corrected chi connectivity index (χ4v) is 1.19. The second-order valence-electron chi connectivity index (χ2n) is 5.45. The molecule has 0 aliphatic carbocycles. The molecule has 92 valence electrons. The summed E-state index contributed by atoms with van der Waals surface area (Å²) >= 11 is 0. The fourth-order valence-electron chi connectivity index (χ4n) is 1.19. The number of nitrogens with zero attached hydrogens (tertiary/aromatic N) is 3. The van der Waals surface area contributed by atoms with Crippen molar-refractivity contribution in [3.05, 3.63) is 11.7 Å². The van der Waals surface area contributed by atoms with Gasteiger partial charge in [-0.3, -0.25) is 0 Å². The van der Waals surface area contributed by atoms with Crippen molar-refractivity contribution in [2.24, 2.45) is 11.1 Å². The number of nitrogens with two attached hydrogens (primary N) is 1. The third kappa shape index (κ3) is 3.57. The van der Waals surface area contributed by atoms with E-state index < -0.39 is 0 Å². The van der Waals surface area contributed by atoms with Gasteiger partial charge in [0.05, 0.1) is 6.04 Å². The lowest BCUT2D eigenvalue weighted by atomic mass is 9.87. The Morgan fingerprint density at radius 3 is 2.50 bits per heavy atom. The van der Waals surface area contributed by atoms with Gasteiger partial charge in [-0.25, -0.2) is 0 Å². The molecule has 1 aromatic heterocycles. The van der Waals surface area contributed by atoms with E-state index in [4.69, 9.17) is 10.3 Å². The molecule has 1 atom stereocenters. The summed E-state index contributed by atoms with van der Waals surface area (Å²) in [7, 11) is 4.03. The molecule has 0 unspecified atom stereocenters. The van der Waals surface area contributed by atoms with Gasteiger partial charge in [0, 0.05) is 13.0 Å². The molecule has 0 saturated carbocycles. The Kier molecular flexibility index (Phi) is 4.04. The lowest BCUT2D eigenvalue weighted by Crippen LogP contribution is -2.26. The summed E-state index contributed by atoms with van der Waals surface area (Å²) < 4.78 is 5.18. The van der Waals surface area contributed by atoms with E-state index in [-0.39, 0.29) is 11.5 Å². The number of aromatic nitrogens is 2. The number of hydrogen-bond donors (Lipinski definition) is 1. The summed E-state index contributed by atoms with van der Waals surface area (Å²) in [5.41, 5.74) is 5.97. The summed E-state index contributed by atoms with van der Waals surface area (Å²) in [6.45, 7) is 7.08. The van der Waals surface area contributed by atoms with Crippen molar-refractivity contribution in [3.8, 4) is 0 Å². The Bertz CT molecular complexity index is 327. The van der Waals surface area contributed by atoms with Gasteiger partial charge in [-0.2, -0.15) is 4.98 Å². The highest BCUT2D eigenvalue weighted by Gasteiger charge is 2.27. The predicted octanol–water partition coefficient (Wildman–Crippen LogP) is 1.22. The number of hydrogen-bond acceptors (Lipinski definition) is 5. The van der Waals surface area contributed by atoms with Crippen molar-refractivity contribution in [1.82, 2.24) is 15.0 Å². The Hall–Kier alpha value is -0.940. The Labute approximate surface area is 97.0 Å². The van der Waals surface area contributed by atoms with Gasteiger partial charge in [0.25, 0.3) is 0 Å². The van der Waals surface area contributed by atoms with Crippen molar-refractivity contribution in [3.63, 3.8) is 0 Å². The molecule has 1 heterocycles. The highest BCUT2D eigenvalue weighted by Crippen LogP contribution is 2.29. The third-order valence-electron chi connectivity index (χ3n) is 2.47. The van der Waals surface area contributed by atoms with Crippen LogP contribution in [-0.2, 0) is 6.42 Å². The van der Waals surface area contributed by atoms with Gasteiger partial charge in [0.15, 0.2) is 5.82 Å². The molecule has 0 aliphatic rings. The molecule has 0 aliphatic heterocycles. The van der Waals surface area contributed by atoms with Crippen LogP contribution in [0.5, 0.6) is 0 Å². The molecule has 0 bridgehead atoms. The van der Waals surface area contributed by atoms with E-state index in [1.54, 1.807) is 0 Å². The first-order chi connectivity index (χ1) is 7.30. The second kappa shape index (κ2) is 4.93. The van der Waals surface area contributed by atoms with Crippen LogP contribution < -0.4 is 5.73 Å². The van der Waals surface area contributed by atoms with E-state index in [9.17, 15) is 0 Å².